The Morgan fingerprint density at radius 1 is 1.10 bits per heavy atom. The van der Waals surface area contributed by atoms with Gasteiger partial charge in [-0.25, -0.2) is 0 Å². The average Bonchev–Trinajstić information content (AvgIpc) is 2.97. The van der Waals surface area contributed by atoms with Crippen LogP contribution in [0.5, 0.6) is 0 Å². The number of carbonyl (C=O) groups excluding carboxylic acids is 1. The molecule has 0 spiro atoms. The van der Waals surface area contributed by atoms with Gasteiger partial charge in [0.1, 0.15) is 0 Å². The van der Waals surface area contributed by atoms with Crippen LogP contribution in [0.25, 0.3) is 0 Å². The highest BCUT2D eigenvalue weighted by Crippen LogP contribution is 2.58. The molecule has 1 heterocycles. The van der Waals surface area contributed by atoms with Crippen molar-refractivity contribution in [1.82, 2.24) is 0 Å². The minimum Gasteiger partial charge on any atom is -0.481 e. The molecule has 1 N–H and O–H groups in total. The van der Waals surface area contributed by atoms with Crippen molar-refractivity contribution in [2.75, 3.05) is 11.4 Å². The summed E-state index contributed by atoms with van der Waals surface area (Å²) in [6, 6.07) is 7.48. The SMILES string of the molecule is O=C(O)C1CCN(C(=O)C2C3CCCC32)c2ccccc21. The Labute approximate surface area is 123 Å². The Kier molecular flexibility index (Phi) is 2.81. The van der Waals surface area contributed by atoms with Gasteiger partial charge in [-0.15, -0.1) is 0 Å². The topological polar surface area (TPSA) is 57.6 Å². The number of aliphatic carboxylic acids is 1. The van der Waals surface area contributed by atoms with Crippen molar-refractivity contribution < 1.29 is 14.7 Å². The van der Waals surface area contributed by atoms with Gasteiger partial charge in [0.05, 0.1) is 5.92 Å². The van der Waals surface area contributed by atoms with Crippen LogP contribution in [0.4, 0.5) is 5.69 Å². The molecule has 2 fully saturated rings. The van der Waals surface area contributed by atoms with Gasteiger partial charge in [0.25, 0.3) is 0 Å². The number of hydrogen-bond donors (Lipinski definition) is 1. The molecule has 1 aliphatic heterocycles. The Morgan fingerprint density at radius 3 is 2.52 bits per heavy atom. The number of anilines is 1. The normalized spacial score (nSPS) is 33.2. The molecule has 0 radical (unpaired) electrons. The summed E-state index contributed by atoms with van der Waals surface area (Å²) in [6.45, 7) is 0.531. The Balaban J connectivity index is 1.63. The van der Waals surface area contributed by atoms with E-state index in [0.29, 0.717) is 24.8 Å². The number of carboxylic acid groups (broad SMARTS) is 1. The molecule has 1 aromatic carbocycles. The van der Waals surface area contributed by atoms with E-state index in [9.17, 15) is 14.7 Å². The van der Waals surface area contributed by atoms with Crippen LogP contribution in [0.15, 0.2) is 24.3 Å². The highest BCUT2D eigenvalue weighted by atomic mass is 16.4. The summed E-state index contributed by atoms with van der Waals surface area (Å²) >= 11 is 0. The zero-order chi connectivity index (χ0) is 14.6. The lowest BCUT2D eigenvalue weighted by atomic mass is 9.89. The first-order chi connectivity index (χ1) is 10.2. The predicted octanol–water partition coefficient (Wildman–Crippen LogP) is 2.64. The van der Waals surface area contributed by atoms with Crippen molar-refractivity contribution in [3.8, 4) is 0 Å². The molecule has 3 atom stereocenters. The fourth-order valence-corrected chi connectivity index (χ4v) is 4.42. The molecule has 3 aliphatic rings. The standard InChI is InChI=1S/C17H19NO3/c19-16(15-11-5-3-6-12(11)15)18-9-8-13(17(20)21)10-4-1-2-7-14(10)18/h1-2,4,7,11-13,15H,3,5-6,8-9H2,(H,20,21). The van der Waals surface area contributed by atoms with Crippen LogP contribution >= 0.6 is 0 Å². The molecule has 4 nitrogen and oxygen atoms in total. The van der Waals surface area contributed by atoms with Gasteiger partial charge in [-0.3, -0.25) is 9.59 Å². The van der Waals surface area contributed by atoms with Crippen LogP contribution in [0.3, 0.4) is 0 Å². The molecular weight excluding hydrogens is 266 g/mol. The van der Waals surface area contributed by atoms with Crippen LogP contribution in [-0.2, 0) is 9.59 Å². The zero-order valence-corrected chi connectivity index (χ0v) is 11.9. The first-order valence-electron chi connectivity index (χ1n) is 7.81. The first-order valence-corrected chi connectivity index (χ1v) is 7.81. The molecular formula is C17H19NO3. The van der Waals surface area contributed by atoms with E-state index >= 15 is 0 Å². The van der Waals surface area contributed by atoms with Crippen molar-refractivity contribution in [2.45, 2.75) is 31.6 Å². The van der Waals surface area contributed by atoms with Crippen LogP contribution in [0, 0.1) is 17.8 Å². The van der Waals surface area contributed by atoms with E-state index in [-0.39, 0.29) is 11.8 Å². The molecule has 1 amide bonds. The van der Waals surface area contributed by atoms with Crippen molar-refractivity contribution in [1.29, 1.82) is 0 Å². The number of rotatable bonds is 2. The van der Waals surface area contributed by atoms with Gasteiger partial charge in [-0.1, -0.05) is 24.6 Å². The summed E-state index contributed by atoms with van der Waals surface area (Å²) in [6.07, 6.45) is 4.15. The molecule has 1 aromatic rings. The summed E-state index contributed by atoms with van der Waals surface area (Å²) < 4.78 is 0. The second-order valence-electron chi connectivity index (χ2n) is 6.51. The molecule has 2 saturated carbocycles. The van der Waals surface area contributed by atoms with E-state index in [1.807, 2.05) is 29.2 Å². The monoisotopic (exact) mass is 285 g/mol. The molecule has 2 aliphatic carbocycles. The molecule has 4 rings (SSSR count). The number of para-hydroxylation sites is 1. The lowest BCUT2D eigenvalue weighted by molar-refractivity contribution is -0.139. The molecule has 4 heteroatoms. The predicted molar refractivity (Wildman–Crippen MR) is 78.1 cm³/mol. The largest absolute Gasteiger partial charge is 0.481 e. The zero-order valence-electron chi connectivity index (χ0n) is 11.9. The highest BCUT2D eigenvalue weighted by Gasteiger charge is 2.58. The van der Waals surface area contributed by atoms with Gasteiger partial charge in [0, 0.05) is 18.2 Å². The smallest absolute Gasteiger partial charge is 0.311 e. The van der Waals surface area contributed by atoms with Gasteiger partial charge in [0.2, 0.25) is 5.91 Å². The lowest BCUT2D eigenvalue weighted by Gasteiger charge is -2.33. The van der Waals surface area contributed by atoms with Gasteiger partial charge >= 0.3 is 5.97 Å². The summed E-state index contributed by atoms with van der Waals surface area (Å²) in [5, 5.41) is 9.36. The summed E-state index contributed by atoms with van der Waals surface area (Å²) in [5.74, 6) is 0.347. The summed E-state index contributed by atoms with van der Waals surface area (Å²) in [7, 11) is 0. The molecule has 0 saturated heterocycles. The highest BCUT2D eigenvalue weighted by molar-refractivity contribution is 5.99. The first kappa shape index (κ1) is 12.9. The van der Waals surface area contributed by atoms with Gasteiger partial charge in [0.15, 0.2) is 0 Å². The van der Waals surface area contributed by atoms with Crippen LogP contribution in [0.1, 0.15) is 37.2 Å². The van der Waals surface area contributed by atoms with Crippen LogP contribution < -0.4 is 4.90 Å². The van der Waals surface area contributed by atoms with E-state index in [0.717, 1.165) is 11.3 Å². The molecule has 0 aromatic heterocycles. The molecule has 110 valence electrons. The van der Waals surface area contributed by atoms with Crippen molar-refractivity contribution in [3.63, 3.8) is 0 Å². The third-order valence-corrected chi connectivity index (χ3v) is 5.50. The Bertz CT molecular complexity index is 602. The van der Waals surface area contributed by atoms with E-state index in [4.69, 9.17) is 0 Å². The second-order valence-corrected chi connectivity index (χ2v) is 6.51. The molecule has 0 bridgehead atoms. The van der Waals surface area contributed by atoms with Crippen LogP contribution in [0.2, 0.25) is 0 Å². The minimum atomic E-state index is -0.794. The van der Waals surface area contributed by atoms with Crippen molar-refractivity contribution in [3.05, 3.63) is 29.8 Å². The van der Waals surface area contributed by atoms with E-state index in [1.165, 1.54) is 19.3 Å². The number of amides is 1. The number of carbonyl (C=O) groups is 2. The second kappa shape index (κ2) is 4.58. The fourth-order valence-electron chi connectivity index (χ4n) is 4.42. The number of benzene rings is 1. The summed E-state index contributed by atoms with van der Waals surface area (Å²) in [5.41, 5.74) is 1.60. The maximum absolute atomic E-state index is 12.8. The number of nitrogens with zero attached hydrogens (tertiary/aromatic N) is 1. The van der Waals surface area contributed by atoms with E-state index < -0.39 is 11.9 Å². The maximum Gasteiger partial charge on any atom is 0.311 e. The number of fused-ring (bicyclic) bond motifs is 2. The van der Waals surface area contributed by atoms with E-state index in [1.54, 1.807) is 0 Å². The van der Waals surface area contributed by atoms with Crippen LogP contribution in [-0.4, -0.2) is 23.5 Å². The quantitative estimate of drug-likeness (QED) is 0.908. The Hall–Kier alpha value is -1.84. The third kappa shape index (κ3) is 1.88. The molecule has 3 unspecified atom stereocenters. The average molecular weight is 285 g/mol. The minimum absolute atomic E-state index is 0.202. The van der Waals surface area contributed by atoms with Gasteiger partial charge in [-0.2, -0.15) is 0 Å². The van der Waals surface area contributed by atoms with Crippen molar-refractivity contribution >= 4 is 17.6 Å². The van der Waals surface area contributed by atoms with Gasteiger partial charge < -0.3 is 10.0 Å². The Morgan fingerprint density at radius 2 is 1.81 bits per heavy atom. The third-order valence-electron chi connectivity index (χ3n) is 5.50. The maximum atomic E-state index is 12.8. The summed E-state index contributed by atoms with van der Waals surface area (Å²) in [4.78, 5) is 26.0. The number of carboxylic acids is 1. The fraction of sp³-hybridized carbons (Fsp3) is 0.529. The lowest BCUT2D eigenvalue weighted by Crippen LogP contribution is -2.39. The van der Waals surface area contributed by atoms with Crippen molar-refractivity contribution in [2.24, 2.45) is 17.8 Å². The number of hydrogen-bond acceptors (Lipinski definition) is 2. The van der Waals surface area contributed by atoms with Gasteiger partial charge in [-0.05, 0) is 42.7 Å². The molecule has 21 heavy (non-hydrogen) atoms. The van der Waals surface area contributed by atoms with E-state index in [2.05, 4.69) is 0 Å².